The summed E-state index contributed by atoms with van der Waals surface area (Å²) in [5.74, 6) is 0.923. The van der Waals surface area contributed by atoms with E-state index in [-0.39, 0.29) is 12.5 Å². The fourth-order valence-corrected chi connectivity index (χ4v) is 3.05. The molecule has 4 heteroatoms. The van der Waals surface area contributed by atoms with Crippen molar-refractivity contribution in [3.8, 4) is 11.5 Å². The molecule has 0 atom stereocenters. The molecule has 3 aromatic rings. The molecule has 0 bridgehead atoms. The smallest absolute Gasteiger partial charge is 0.258 e. The van der Waals surface area contributed by atoms with E-state index in [2.05, 4.69) is 5.32 Å². The first kappa shape index (κ1) is 18.5. The van der Waals surface area contributed by atoms with E-state index in [9.17, 15) is 4.79 Å². The topological polar surface area (TPSA) is 47.6 Å². The van der Waals surface area contributed by atoms with Gasteiger partial charge in [0.25, 0.3) is 5.91 Å². The summed E-state index contributed by atoms with van der Waals surface area (Å²) in [5.41, 5.74) is 1.34. The molecule has 4 nitrogen and oxygen atoms in total. The van der Waals surface area contributed by atoms with Crippen molar-refractivity contribution in [2.24, 2.45) is 0 Å². The highest BCUT2D eigenvalue weighted by Gasteiger charge is 2.30. The number of carbonyl (C=O) groups excluding carboxylic acids is 1. The van der Waals surface area contributed by atoms with Gasteiger partial charge in [0.15, 0.2) is 18.1 Å². The maximum Gasteiger partial charge on any atom is 0.258 e. The Morgan fingerprint density at radius 1 is 0.815 bits per heavy atom. The van der Waals surface area contributed by atoms with Crippen molar-refractivity contribution < 1.29 is 14.3 Å². The minimum Gasteiger partial charge on any atom is -0.493 e. The standard InChI is InChI=1S/C23H23NO3/c1-23(18-11-5-3-6-12-18,19-13-7-4-8-14-19)24-22(25)17-27-21-16-10-9-15-20(21)26-2/h3-16H,17H2,1-2H3,(H,24,25). The number of methoxy groups -OCH3 is 1. The molecule has 0 spiro atoms. The van der Waals surface area contributed by atoms with Crippen molar-refractivity contribution in [2.45, 2.75) is 12.5 Å². The van der Waals surface area contributed by atoms with Gasteiger partial charge in [-0.3, -0.25) is 4.79 Å². The summed E-state index contributed by atoms with van der Waals surface area (Å²) >= 11 is 0. The molecule has 1 N–H and O–H groups in total. The summed E-state index contributed by atoms with van der Waals surface area (Å²) in [6.45, 7) is 1.90. The number of amides is 1. The summed E-state index contributed by atoms with van der Waals surface area (Å²) in [5, 5.41) is 3.13. The van der Waals surface area contributed by atoms with E-state index in [1.165, 1.54) is 0 Å². The van der Waals surface area contributed by atoms with Gasteiger partial charge in [0.1, 0.15) is 0 Å². The van der Waals surface area contributed by atoms with Crippen LogP contribution >= 0.6 is 0 Å². The van der Waals surface area contributed by atoms with Crippen LogP contribution in [0.2, 0.25) is 0 Å². The number of carbonyl (C=O) groups is 1. The molecule has 1 amide bonds. The van der Waals surface area contributed by atoms with Gasteiger partial charge in [0.2, 0.25) is 0 Å². The highest BCUT2D eigenvalue weighted by atomic mass is 16.5. The Kier molecular flexibility index (Phi) is 5.77. The van der Waals surface area contributed by atoms with Gasteiger partial charge in [-0.05, 0) is 30.2 Å². The van der Waals surface area contributed by atoms with Crippen LogP contribution in [0.1, 0.15) is 18.1 Å². The first-order valence-corrected chi connectivity index (χ1v) is 8.81. The van der Waals surface area contributed by atoms with E-state index in [4.69, 9.17) is 9.47 Å². The molecule has 138 valence electrons. The summed E-state index contributed by atoms with van der Waals surface area (Å²) in [7, 11) is 1.57. The fraction of sp³-hybridized carbons (Fsp3) is 0.174. The zero-order valence-corrected chi connectivity index (χ0v) is 15.5. The third-order valence-electron chi connectivity index (χ3n) is 4.52. The molecule has 0 aliphatic rings. The lowest BCUT2D eigenvalue weighted by atomic mass is 9.84. The quantitative estimate of drug-likeness (QED) is 0.688. The summed E-state index contributed by atoms with van der Waals surface area (Å²) in [6.07, 6.45) is 0. The van der Waals surface area contributed by atoms with E-state index in [0.717, 1.165) is 11.1 Å². The minimum atomic E-state index is -0.663. The van der Waals surface area contributed by atoms with E-state index in [1.807, 2.05) is 79.7 Å². The van der Waals surface area contributed by atoms with Crippen LogP contribution in [0.25, 0.3) is 0 Å². The van der Waals surface area contributed by atoms with E-state index < -0.39 is 5.54 Å². The number of rotatable bonds is 7. The highest BCUT2D eigenvalue weighted by molar-refractivity contribution is 5.79. The predicted molar refractivity (Wildman–Crippen MR) is 106 cm³/mol. The normalized spacial score (nSPS) is 10.9. The van der Waals surface area contributed by atoms with Crippen molar-refractivity contribution in [2.75, 3.05) is 13.7 Å². The van der Waals surface area contributed by atoms with Crippen molar-refractivity contribution in [3.05, 3.63) is 96.1 Å². The molecule has 0 heterocycles. The van der Waals surface area contributed by atoms with Crippen LogP contribution in [0, 0.1) is 0 Å². The summed E-state index contributed by atoms with van der Waals surface area (Å²) in [6, 6.07) is 27.1. The van der Waals surface area contributed by atoms with Crippen LogP contribution in [0.3, 0.4) is 0 Å². The third-order valence-corrected chi connectivity index (χ3v) is 4.52. The van der Waals surface area contributed by atoms with Gasteiger partial charge in [0.05, 0.1) is 12.6 Å². The Morgan fingerprint density at radius 2 is 1.30 bits per heavy atom. The molecular formula is C23H23NO3. The number of benzene rings is 3. The van der Waals surface area contributed by atoms with Crippen molar-refractivity contribution in [1.82, 2.24) is 5.32 Å². The molecule has 0 radical (unpaired) electrons. The average molecular weight is 361 g/mol. The maximum atomic E-state index is 12.7. The summed E-state index contributed by atoms with van der Waals surface area (Å²) < 4.78 is 10.9. The van der Waals surface area contributed by atoms with E-state index in [0.29, 0.717) is 11.5 Å². The molecule has 3 aromatic carbocycles. The highest BCUT2D eigenvalue weighted by Crippen LogP contribution is 2.29. The number of nitrogens with one attached hydrogen (secondary N) is 1. The maximum absolute atomic E-state index is 12.7. The molecule has 27 heavy (non-hydrogen) atoms. The zero-order valence-electron chi connectivity index (χ0n) is 15.5. The Balaban J connectivity index is 1.79. The first-order chi connectivity index (χ1) is 13.1. The fourth-order valence-electron chi connectivity index (χ4n) is 3.05. The van der Waals surface area contributed by atoms with Crippen LogP contribution in [0.4, 0.5) is 0 Å². The Bertz CT molecular complexity index is 839. The van der Waals surface area contributed by atoms with Gasteiger partial charge in [-0.15, -0.1) is 0 Å². The monoisotopic (exact) mass is 361 g/mol. The van der Waals surface area contributed by atoms with Gasteiger partial charge in [-0.1, -0.05) is 72.8 Å². The molecule has 0 aliphatic carbocycles. The number of para-hydroxylation sites is 2. The van der Waals surface area contributed by atoms with Gasteiger partial charge < -0.3 is 14.8 Å². The Hall–Kier alpha value is -3.27. The molecule has 0 saturated carbocycles. The van der Waals surface area contributed by atoms with Gasteiger partial charge >= 0.3 is 0 Å². The molecule has 0 saturated heterocycles. The summed E-state index contributed by atoms with van der Waals surface area (Å²) in [4.78, 5) is 12.7. The van der Waals surface area contributed by atoms with E-state index >= 15 is 0 Å². The van der Waals surface area contributed by atoms with Gasteiger partial charge in [0, 0.05) is 0 Å². The Labute approximate surface area is 159 Å². The van der Waals surface area contributed by atoms with Crippen LogP contribution in [0.5, 0.6) is 11.5 Å². The third kappa shape index (κ3) is 4.29. The van der Waals surface area contributed by atoms with Gasteiger partial charge in [-0.2, -0.15) is 0 Å². The lowest BCUT2D eigenvalue weighted by molar-refractivity contribution is -0.124. The van der Waals surface area contributed by atoms with Crippen molar-refractivity contribution >= 4 is 5.91 Å². The average Bonchev–Trinajstić information content (AvgIpc) is 2.73. The SMILES string of the molecule is COc1ccccc1OCC(=O)NC(C)(c1ccccc1)c1ccccc1. The second-order valence-corrected chi connectivity index (χ2v) is 6.34. The second kappa shape index (κ2) is 8.41. The van der Waals surface area contributed by atoms with Crippen LogP contribution in [-0.2, 0) is 10.3 Å². The van der Waals surface area contributed by atoms with Gasteiger partial charge in [-0.25, -0.2) is 0 Å². The largest absolute Gasteiger partial charge is 0.493 e. The number of hydrogen-bond acceptors (Lipinski definition) is 3. The molecule has 0 unspecified atom stereocenters. The first-order valence-electron chi connectivity index (χ1n) is 8.81. The number of ether oxygens (including phenoxy) is 2. The predicted octanol–water partition coefficient (Wildman–Crippen LogP) is 4.15. The molecular weight excluding hydrogens is 338 g/mol. The molecule has 0 aromatic heterocycles. The minimum absolute atomic E-state index is 0.102. The zero-order chi connectivity index (χ0) is 19.1. The van der Waals surface area contributed by atoms with Crippen LogP contribution in [-0.4, -0.2) is 19.6 Å². The number of hydrogen-bond donors (Lipinski definition) is 1. The second-order valence-electron chi connectivity index (χ2n) is 6.34. The molecule has 0 fully saturated rings. The molecule has 3 rings (SSSR count). The van der Waals surface area contributed by atoms with Crippen molar-refractivity contribution in [1.29, 1.82) is 0 Å². The lowest BCUT2D eigenvalue weighted by Gasteiger charge is -2.32. The van der Waals surface area contributed by atoms with E-state index in [1.54, 1.807) is 19.2 Å². The van der Waals surface area contributed by atoms with Crippen molar-refractivity contribution in [3.63, 3.8) is 0 Å². The van der Waals surface area contributed by atoms with Crippen LogP contribution < -0.4 is 14.8 Å². The molecule has 0 aliphatic heterocycles. The lowest BCUT2D eigenvalue weighted by Crippen LogP contribution is -2.46. The van der Waals surface area contributed by atoms with Crippen LogP contribution in [0.15, 0.2) is 84.9 Å². The Morgan fingerprint density at radius 3 is 1.81 bits per heavy atom.